The Morgan fingerprint density at radius 2 is 2.29 bits per heavy atom. The van der Waals surface area contributed by atoms with Crippen molar-refractivity contribution in [3.05, 3.63) is 0 Å². The lowest BCUT2D eigenvalue weighted by atomic mass is 10.1. The molecule has 0 bridgehead atoms. The number of aliphatic carboxylic acids is 1. The molecule has 0 aromatic carbocycles. The topological polar surface area (TPSA) is 60.9 Å². The van der Waals surface area contributed by atoms with E-state index in [2.05, 4.69) is 5.92 Å². The fourth-order valence-electron chi connectivity index (χ4n) is 1.96. The average molecular weight is 238 g/mol. The fraction of sp³-hybridized carbons (Fsp3) is 0.667. The van der Waals surface area contributed by atoms with Crippen LogP contribution in [0.25, 0.3) is 0 Å². The zero-order chi connectivity index (χ0) is 12.8. The minimum absolute atomic E-state index is 0.145. The molecule has 0 aliphatic carbocycles. The van der Waals surface area contributed by atoms with Crippen molar-refractivity contribution in [2.24, 2.45) is 5.92 Å². The molecular formula is C12H18N2O3. The van der Waals surface area contributed by atoms with Crippen LogP contribution in [-0.2, 0) is 4.79 Å². The Kier molecular flexibility index (Phi) is 4.83. The predicted molar refractivity (Wildman–Crippen MR) is 63.4 cm³/mol. The minimum Gasteiger partial charge on any atom is -0.481 e. The molecule has 0 aromatic heterocycles. The molecule has 94 valence electrons. The van der Waals surface area contributed by atoms with Crippen molar-refractivity contribution in [3.63, 3.8) is 0 Å². The van der Waals surface area contributed by atoms with Crippen LogP contribution in [0, 0.1) is 18.3 Å². The number of urea groups is 1. The van der Waals surface area contributed by atoms with Gasteiger partial charge in [-0.1, -0.05) is 12.8 Å². The number of carbonyl (C=O) groups excluding carboxylic acids is 1. The van der Waals surface area contributed by atoms with Gasteiger partial charge < -0.3 is 14.9 Å². The Balaban J connectivity index is 2.57. The second kappa shape index (κ2) is 6.14. The number of carbonyl (C=O) groups is 2. The van der Waals surface area contributed by atoms with E-state index in [0.29, 0.717) is 26.1 Å². The Labute approximate surface area is 101 Å². The van der Waals surface area contributed by atoms with Gasteiger partial charge in [0.2, 0.25) is 0 Å². The van der Waals surface area contributed by atoms with Gasteiger partial charge in [0, 0.05) is 19.6 Å². The molecule has 1 rings (SSSR count). The normalized spacial score (nSPS) is 18.8. The van der Waals surface area contributed by atoms with Crippen molar-refractivity contribution >= 4 is 12.0 Å². The highest BCUT2D eigenvalue weighted by molar-refractivity contribution is 5.77. The molecular weight excluding hydrogens is 220 g/mol. The summed E-state index contributed by atoms with van der Waals surface area (Å²) in [4.78, 5) is 26.0. The van der Waals surface area contributed by atoms with Gasteiger partial charge in [0.1, 0.15) is 0 Å². The van der Waals surface area contributed by atoms with E-state index in [0.717, 1.165) is 6.42 Å². The SMILES string of the molecule is C#CCN(CCC)C(=O)N1CCC(C(=O)O)C1. The molecule has 0 spiro atoms. The van der Waals surface area contributed by atoms with Crippen molar-refractivity contribution < 1.29 is 14.7 Å². The van der Waals surface area contributed by atoms with E-state index in [-0.39, 0.29) is 12.6 Å². The standard InChI is InChI=1S/C12H18N2O3/c1-3-6-13(7-4-2)12(17)14-8-5-10(9-14)11(15)16/h1,10H,4-9H2,2H3,(H,15,16). The summed E-state index contributed by atoms with van der Waals surface area (Å²) in [6.45, 7) is 3.65. The number of hydrogen-bond donors (Lipinski definition) is 1. The van der Waals surface area contributed by atoms with Gasteiger partial charge in [0.05, 0.1) is 12.5 Å². The summed E-state index contributed by atoms with van der Waals surface area (Å²) in [5.74, 6) is 1.18. The lowest BCUT2D eigenvalue weighted by Gasteiger charge is -2.26. The lowest BCUT2D eigenvalue weighted by Crippen LogP contribution is -2.43. The van der Waals surface area contributed by atoms with Crippen LogP contribution in [-0.4, -0.2) is 53.1 Å². The first kappa shape index (κ1) is 13.4. The summed E-state index contributed by atoms with van der Waals surface area (Å²) < 4.78 is 0. The highest BCUT2D eigenvalue weighted by Gasteiger charge is 2.32. The first-order valence-electron chi connectivity index (χ1n) is 5.80. The summed E-state index contributed by atoms with van der Waals surface area (Å²) in [5, 5.41) is 8.87. The molecule has 1 aliphatic rings. The van der Waals surface area contributed by atoms with Gasteiger partial charge in [-0.2, -0.15) is 0 Å². The monoisotopic (exact) mass is 238 g/mol. The molecule has 2 amide bonds. The van der Waals surface area contributed by atoms with E-state index < -0.39 is 11.9 Å². The largest absolute Gasteiger partial charge is 0.481 e. The number of amides is 2. The van der Waals surface area contributed by atoms with Gasteiger partial charge >= 0.3 is 12.0 Å². The van der Waals surface area contributed by atoms with E-state index in [9.17, 15) is 9.59 Å². The first-order chi connectivity index (χ1) is 8.10. The summed E-state index contributed by atoms with van der Waals surface area (Å²) in [5.41, 5.74) is 0. The summed E-state index contributed by atoms with van der Waals surface area (Å²) in [6.07, 6.45) is 6.58. The number of rotatable bonds is 4. The van der Waals surface area contributed by atoms with Crippen LogP contribution in [0.15, 0.2) is 0 Å². The third kappa shape index (κ3) is 3.38. The van der Waals surface area contributed by atoms with E-state index in [1.165, 1.54) is 0 Å². The second-order valence-electron chi connectivity index (χ2n) is 4.18. The third-order valence-corrected chi connectivity index (χ3v) is 2.85. The molecule has 1 atom stereocenters. The third-order valence-electron chi connectivity index (χ3n) is 2.85. The van der Waals surface area contributed by atoms with Gasteiger partial charge in [-0.05, 0) is 12.8 Å². The molecule has 1 heterocycles. The van der Waals surface area contributed by atoms with E-state index >= 15 is 0 Å². The van der Waals surface area contributed by atoms with E-state index in [1.54, 1.807) is 9.80 Å². The maximum absolute atomic E-state index is 12.1. The van der Waals surface area contributed by atoms with Crippen LogP contribution < -0.4 is 0 Å². The number of nitrogens with zero attached hydrogens (tertiary/aromatic N) is 2. The van der Waals surface area contributed by atoms with Crippen LogP contribution in [0.3, 0.4) is 0 Å². The fourth-order valence-corrected chi connectivity index (χ4v) is 1.96. The number of carboxylic acid groups (broad SMARTS) is 1. The Morgan fingerprint density at radius 1 is 1.59 bits per heavy atom. The second-order valence-corrected chi connectivity index (χ2v) is 4.18. The highest BCUT2D eigenvalue weighted by atomic mass is 16.4. The predicted octanol–water partition coefficient (Wildman–Crippen LogP) is 0.858. The van der Waals surface area contributed by atoms with Crippen molar-refractivity contribution in [1.29, 1.82) is 0 Å². The van der Waals surface area contributed by atoms with Crippen molar-refractivity contribution in [3.8, 4) is 12.3 Å². The molecule has 1 N–H and O–H groups in total. The summed E-state index contributed by atoms with van der Waals surface area (Å²) in [6, 6.07) is -0.145. The van der Waals surface area contributed by atoms with Gasteiger partial charge in [-0.15, -0.1) is 6.42 Å². The van der Waals surface area contributed by atoms with Crippen LogP contribution in [0.1, 0.15) is 19.8 Å². The van der Waals surface area contributed by atoms with E-state index in [4.69, 9.17) is 11.5 Å². The molecule has 1 unspecified atom stereocenters. The molecule has 17 heavy (non-hydrogen) atoms. The Hall–Kier alpha value is -1.70. The molecule has 5 heteroatoms. The Bertz CT molecular complexity index is 335. The maximum atomic E-state index is 12.1. The zero-order valence-corrected chi connectivity index (χ0v) is 10.1. The first-order valence-corrected chi connectivity index (χ1v) is 5.80. The molecule has 1 fully saturated rings. The van der Waals surface area contributed by atoms with Crippen LogP contribution in [0.4, 0.5) is 4.79 Å². The number of likely N-dealkylation sites (tertiary alicyclic amines) is 1. The summed E-state index contributed by atoms with van der Waals surface area (Å²) >= 11 is 0. The van der Waals surface area contributed by atoms with Gasteiger partial charge in [0.15, 0.2) is 0 Å². The molecule has 0 saturated carbocycles. The quantitative estimate of drug-likeness (QED) is 0.739. The number of hydrogen-bond acceptors (Lipinski definition) is 2. The molecule has 1 aliphatic heterocycles. The Morgan fingerprint density at radius 3 is 2.76 bits per heavy atom. The average Bonchev–Trinajstić information content (AvgIpc) is 2.77. The highest BCUT2D eigenvalue weighted by Crippen LogP contribution is 2.17. The molecule has 1 saturated heterocycles. The molecule has 5 nitrogen and oxygen atoms in total. The van der Waals surface area contributed by atoms with Gasteiger partial charge in [0.25, 0.3) is 0 Å². The smallest absolute Gasteiger partial charge is 0.320 e. The van der Waals surface area contributed by atoms with Crippen LogP contribution in [0.2, 0.25) is 0 Å². The van der Waals surface area contributed by atoms with Gasteiger partial charge in [-0.3, -0.25) is 4.79 Å². The van der Waals surface area contributed by atoms with Crippen molar-refractivity contribution in [1.82, 2.24) is 9.80 Å². The zero-order valence-electron chi connectivity index (χ0n) is 10.1. The van der Waals surface area contributed by atoms with E-state index in [1.807, 2.05) is 6.92 Å². The lowest BCUT2D eigenvalue weighted by molar-refractivity contribution is -0.141. The molecule has 0 radical (unpaired) electrons. The van der Waals surface area contributed by atoms with Gasteiger partial charge in [-0.25, -0.2) is 4.79 Å². The van der Waals surface area contributed by atoms with Crippen LogP contribution >= 0.6 is 0 Å². The number of carboxylic acids is 1. The molecule has 0 aromatic rings. The summed E-state index contributed by atoms with van der Waals surface area (Å²) in [7, 11) is 0. The number of terminal acetylenes is 1. The van der Waals surface area contributed by atoms with Crippen molar-refractivity contribution in [2.75, 3.05) is 26.2 Å². The van der Waals surface area contributed by atoms with Crippen molar-refractivity contribution in [2.45, 2.75) is 19.8 Å². The maximum Gasteiger partial charge on any atom is 0.320 e. The minimum atomic E-state index is -0.834. The van der Waals surface area contributed by atoms with Crippen LogP contribution in [0.5, 0.6) is 0 Å².